The quantitative estimate of drug-likeness (QED) is 0.403. The zero-order valence-corrected chi connectivity index (χ0v) is 12.3. The second-order valence-corrected chi connectivity index (χ2v) is 5.97. The summed E-state index contributed by atoms with van der Waals surface area (Å²) in [5, 5.41) is 0. The predicted octanol–water partition coefficient (Wildman–Crippen LogP) is -1.36. The molecule has 0 aromatic carbocycles. The first-order valence-corrected chi connectivity index (χ1v) is 6.13. The monoisotopic (exact) mass is 332 g/mol. The predicted molar refractivity (Wildman–Crippen MR) is 36.9 cm³/mol. The number of halogens is 1. The van der Waals surface area contributed by atoms with E-state index in [2.05, 4.69) is 0 Å². The van der Waals surface area contributed by atoms with Crippen LogP contribution in [0.15, 0.2) is 0 Å². The zero-order chi connectivity index (χ0) is 7.73. The number of ether oxygens (including phenoxy) is 2. The van der Waals surface area contributed by atoms with Gasteiger partial charge in [0.2, 0.25) is 0 Å². The van der Waals surface area contributed by atoms with E-state index in [0.717, 1.165) is 30.6 Å². The van der Waals surface area contributed by atoms with Crippen LogP contribution in [0.1, 0.15) is 25.7 Å². The fourth-order valence-corrected chi connectivity index (χ4v) is 2.76. The normalized spacial score (nSPS) is 28.8. The molecule has 0 atom stereocenters. The van der Waals surface area contributed by atoms with Crippen LogP contribution >= 0.6 is 0 Å². The van der Waals surface area contributed by atoms with Crippen molar-refractivity contribution in [2.45, 2.75) is 36.0 Å². The summed E-state index contributed by atoms with van der Waals surface area (Å²) < 4.78 is 12.2. The van der Waals surface area contributed by atoms with Crippen molar-refractivity contribution in [3.8, 4) is 0 Å². The van der Waals surface area contributed by atoms with E-state index in [4.69, 9.17) is 9.47 Å². The summed E-state index contributed by atoms with van der Waals surface area (Å²) in [4.78, 5) is 0. The molecule has 0 unspecified atom stereocenters. The molecular weight excluding hydrogens is 320 g/mol. The van der Waals surface area contributed by atoms with E-state index < -0.39 is 0 Å². The Hall–Kier alpha value is 1.27. The number of hydrogen-bond acceptors (Lipinski definition) is 2. The summed E-state index contributed by atoms with van der Waals surface area (Å²) in [5.41, 5.74) is 0. The average molecular weight is 333 g/mol. The average Bonchev–Trinajstić information content (AvgIpc) is 2.45. The van der Waals surface area contributed by atoms with Gasteiger partial charge in [-0.25, -0.2) is 0 Å². The Morgan fingerprint density at radius 3 is 2.08 bits per heavy atom. The Balaban J connectivity index is 0.000000720. The Morgan fingerprint density at radius 1 is 1.08 bits per heavy atom. The van der Waals surface area contributed by atoms with Crippen LogP contribution in [0.2, 0.25) is 4.51 Å². The summed E-state index contributed by atoms with van der Waals surface area (Å²) in [6.45, 7) is 1.62. The van der Waals surface area contributed by atoms with Crippen molar-refractivity contribution < 1.29 is 51.8 Å². The van der Waals surface area contributed by atoms with Crippen molar-refractivity contribution in [2.24, 2.45) is 0 Å². The molecule has 12 heavy (non-hydrogen) atoms. The van der Waals surface area contributed by atoms with Crippen molar-refractivity contribution in [1.29, 1.82) is 0 Å². The van der Waals surface area contributed by atoms with E-state index in [1.807, 2.05) is 0 Å². The van der Waals surface area contributed by atoms with Gasteiger partial charge in [-0.3, -0.25) is 0 Å². The molecule has 1 spiro atoms. The molecule has 4 heteroatoms. The van der Waals surface area contributed by atoms with Gasteiger partial charge in [0.05, 0.1) is 0 Å². The van der Waals surface area contributed by atoms with Gasteiger partial charge in [-0.15, -0.1) is 0 Å². The molecule has 0 aromatic heterocycles. The molecule has 0 radical (unpaired) electrons. The molecule has 2 aliphatic rings. The van der Waals surface area contributed by atoms with Gasteiger partial charge in [0.1, 0.15) is 0 Å². The Morgan fingerprint density at radius 2 is 1.58 bits per heavy atom. The van der Waals surface area contributed by atoms with Crippen molar-refractivity contribution in [1.82, 2.24) is 0 Å². The van der Waals surface area contributed by atoms with Crippen LogP contribution in [0.3, 0.4) is 0 Å². The Bertz CT molecular complexity index is 138. The van der Waals surface area contributed by atoms with Crippen LogP contribution in [0.5, 0.6) is 0 Å². The van der Waals surface area contributed by atoms with Crippen LogP contribution in [0.4, 0.5) is 0 Å². The Kier molecular flexibility index (Phi) is 4.42. The van der Waals surface area contributed by atoms with Crippen molar-refractivity contribution in [3.05, 3.63) is 0 Å². The molecule has 1 aliphatic carbocycles. The van der Waals surface area contributed by atoms with Gasteiger partial charge >= 0.3 is 77.0 Å². The van der Waals surface area contributed by atoms with Gasteiger partial charge in [-0.1, -0.05) is 0 Å². The second-order valence-electron chi connectivity index (χ2n) is 3.55. The molecule has 0 bridgehead atoms. The summed E-state index contributed by atoms with van der Waals surface area (Å²) in [6, 6.07) is 0. The maximum absolute atomic E-state index is 5.62. The fourth-order valence-electron chi connectivity index (χ4n) is 1.90. The van der Waals surface area contributed by atoms with Crippen LogP contribution < -0.4 is 24.0 Å². The molecule has 1 heterocycles. The SMILES string of the molecule is [I-].[Zn+][CH]1CCC2(CC1)OCCO2. The topological polar surface area (TPSA) is 18.5 Å². The second kappa shape index (κ2) is 4.67. The first kappa shape index (κ1) is 11.3. The maximum atomic E-state index is 5.62. The molecule has 0 aromatic rings. The van der Waals surface area contributed by atoms with E-state index in [9.17, 15) is 0 Å². The molecule has 2 nitrogen and oxygen atoms in total. The third-order valence-corrected chi connectivity index (χ3v) is 4.39. The van der Waals surface area contributed by atoms with E-state index in [1.165, 1.54) is 31.1 Å². The van der Waals surface area contributed by atoms with E-state index >= 15 is 0 Å². The van der Waals surface area contributed by atoms with Gasteiger partial charge in [-0.05, 0) is 0 Å². The summed E-state index contributed by atoms with van der Waals surface area (Å²) in [7, 11) is 0. The van der Waals surface area contributed by atoms with Gasteiger partial charge in [-0.2, -0.15) is 0 Å². The molecule has 1 saturated carbocycles. The van der Waals surface area contributed by atoms with Crippen LogP contribution in [0.25, 0.3) is 0 Å². The summed E-state index contributed by atoms with van der Waals surface area (Å²) in [6.07, 6.45) is 4.91. The first-order chi connectivity index (χ1) is 5.31. The van der Waals surface area contributed by atoms with E-state index in [-0.39, 0.29) is 29.8 Å². The molecule has 66 valence electrons. The number of rotatable bonds is 0. The molecule has 1 aliphatic heterocycles. The minimum absolute atomic E-state index is 0. The molecular formula is C8H13IO2Zn. The van der Waals surface area contributed by atoms with Crippen LogP contribution in [-0.2, 0) is 27.8 Å². The fraction of sp³-hybridized carbons (Fsp3) is 1.00. The van der Waals surface area contributed by atoms with E-state index in [1.54, 1.807) is 0 Å². The summed E-state index contributed by atoms with van der Waals surface area (Å²) >= 11 is 1.44. The third kappa shape index (κ3) is 2.40. The van der Waals surface area contributed by atoms with Gasteiger partial charge in [0.15, 0.2) is 0 Å². The Labute approximate surface area is 100 Å². The molecule has 2 rings (SSSR count). The molecule has 0 amide bonds. The number of hydrogen-bond donors (Lipinski definition) is 0. The third-order valence-electron chi connectivity index (χ3n) is 2.68. The zero-order valence-electron chi connectivity index (χ0n) is 7.22. The van der Waals surface area contributed by atoms with Gasteiger partial charge in [0, 0.05) is 0 Å². The van der Waals surface area contributed by atoms with Crippen molar-refractivity contribution >= 4 is 0 Å². The van der Waals surface area contributed by atoms with Crippen LogP contribution in [-0.4, -0.2) is 19.0 Å². The molecule has 0 N–H and O–H groups in total. The van der Waals surface area contributed by atoms with Gasteiger partial charge in [0.25, 0.3) is 0 Å². The molecule has 2 fully saturated rings. The van der Waals surface area contributed by atoms with Crippen molar-refractivity contribution in [3.63, 3.8) is 0 Å². The minimum atomic E-state index is -0.126. The summed E-state index contributed by atoms with van der Waals surface area (Å²) in [5.74, 6) is -0.126. The first-order valence-electron chi connectivity index (χ1n) is 4.42. The standard InChI is InChI=1S/C8H13O2.HI.Zn/c1-2-4-8(5-3-1)9-6-7-10-8;;/h1H,2-7H2;1H;/q;;+1/p-1. The molecule has 1 saturated heterocycles. The van der Waals surface area contributed by atoms with Gasteiger partial charge < -0.3 is 24.0 Å². The van der Waals surface area contributed by atoms with E-state index in [0.29, 0.717) is 0 Å². The van der Waals surface area contributed by atoms with Crippen molar-refractivity contribution in [2.75, 3.05) is 13.2 Å². The van der Waals surface area contributed by atoms with Crippen LogP contribution in [0, 0.1) is 0 Å².